The van der Waals surface area contributed by atoms with Crippen molar-refractivity contribution in [3.8, 4) is 11.5 Å². The molecule has 1 aliphatic carbocycles. The molecule has 0 unspecified atom stereocenters. The Kier molecular flexibility index (Phi) is 5.09. The van der Waals surface area contributed by atoms with E-state index in [2.05, 4.69) is 66.4 Å². The van der Waals surface area contributed by atoms with Crippen LogP contribution in [-0.4, -0.2) is 18.0 Å². The number of hydrogen-bond donors (Lipinski definition) is 3. The number of nitrogens with one attached hydrogen (secondary N) is 2. The lowest BCUT2D eigenvalue weighted by Gasteiger charge is -2.34. The van der Waals surface area contributed by atoms with Gasteiger partial charge in [0.15, 0.2) is 17.3 Å². The van der Waals surface area contributed by atoms with Crippen molar-refractivity contribution in [1.82, 2.24) is 0 Å². The van der Waals surface area contributed by atoms with Crippen LogP contribution in [0.25, 0.3) is 0 Å². The zero-order chi connectivity index (χ0) is 21.8. The summed E-state index contributed by atoms with van der Waals surface area (Å²) in [5.41, 5.74) is 6.75. The number of allylic oxidation sites excluding steroid dienone is 1. The molecule has 0 radical (unpaired) electrons. The van der Waals surface area contributed by atoms with Crippen molar-refractivity contribution in [1.29, 1.82) is 0 Å². The van der Waals surface area contributed by atoms with Crippen molar-refractivity contribution in [3.05, 3.63) is 56.7 Å². The lowest BCUT2D eigenvalue weighted by atomic mass is 9.73. The number of ketones is 1. The molecule has 1 aliphatic heterocycles. The number of aromatic hydroxyl groups is 1. The summed E-state index contributed by atoms with van der Waals surface area (Å²) in [4.78, 5) is 13.3. The maximum atomic E-state index is 13.3. The number of methoxy groups -OCH3 is 1. The Bertz CT molecular complexity index is 1090. The van der Waals surface area contributed by atoms with Gasteiger partial charge in [0, 0.05) is 17.7 Å². The van der Waals surface area contributed by atoms with Crippen molar-refractivity contribution < 1.29 is 14.6 Å². The van der Waals surface area contributed by atoms with Crippen molar-refractivity contribution in [2.75, 3.05) is 17.7 Å². The highest BCUT2D eigenvalue weighted by molar-refractivity contribution is 9.10. The van der Waals surface area contributed by atoms with Crippen LogP contribution >= 0.6 is 15.9 Å². The Labute approximate surface area is 185 Å². The lowest BCUT2D eigenvalue weighted by molar-refractivity contribution is -0.118. The summed E-state index contributed by atoms with van der Waals surface area (Å²) in [6.07, 6.45) is 1.28. The number of fused-ring (bicyclic) bond motifs is 1. The highest BCUT2D eigenvalue weighted by Crippen LogP contribution is 2.47. The van der Waals surface area contributed by atoms with Crippen molar-refractivity contribution in [2.24, 2.45) is 5.41 Å². The maximum absolute atomic E-state index is 13.3. The number of phenolic OH excluding ortho intramolecular Hbond substituents is 1. The van der Waals surface area contributed by atoms with Gasteiger partial charge in [-0.2, -0.15) is 0 Å². The van der Waals surface area contributed by atoms with E-state index in [-0.39, 0.29) is 23.0 Å². The zero-order valence-corrected chi connectivity index (χ0v) is 19.5. The van der Waals surface area contributed by atoms with Crippen molar-refractivity contribution in [2.45, 2.75) is 46.6 Å². The van der Waals surface area contributed by atoms with E-state index in [1.807, 2.05) is 6.07 Å². The molecule has 0 bridgehead atoms. The number of phenols is 1. The van der Waals surface area contributed by atoms with Gasteiger partial charge in [0.05, 0.1) is 29.0 Å². The average molecular weight is 471 g/mol. The van der Waals surface area contributed by atoms with Crippen molar-refractivity contribution >= 4 is 33.1 Å². The second kappa shape index (κ2) is 7.34. The first-order chi connectivity index (χ1) is 14.1. The quantitative estimate of drug-likeness (QED) is 0.501. The first-order valence-corrected chi connectivity index (χ1v) is 10.9. The van der Waals surface area contributed by atoms with Crippen molar-refractivity contribution in [3.63, 3.8) is 0 Å². The number of Topliss-reactive ketones (excluding diaryl/α,β-unsaturated/α-hetero) is 1. The van der Waals surface area contributed by atoms with Crippen LogP contribution in [-0.2, 0) is 4.79 Å². The standard InChI is InChI=1S/C24H27BrN2O3/c1-12-6-16-17(7-13(12)2)27-22(14-8-15(25)23(29)20(9-14)30-5)21-18(26-16)10-24(3,4)11-19(21)28/h6-9,22,26-27,29H,10-11H2,1-5H3/t22-/m1/s1. The number of carbonyl (C=O) groups is 1. The van der Waals surface area contributed by atoms with E-state index in [4.69, 9.17) is 4.74 Å². The molecule has 30 heavy (non-hydrogen) atoms. The molecule has 4 rings (SSSR count). The van der Waals surface area contributed by atoms with Crippen LogP contribution in [0.3, 0.4) is 0 Å². The highest BCUT2D eigenvalue weighted by Gasteiger charge is 2.39. The molecular weight excluding hydrogens is 444 g/mol. The summed E-state index contributed by atoms with van der Waals surface area (Å²) in [5, 5.41) is 17.4. The van der Waals surface area contributed by atoms with Gasteiger partial charge >= 0.3 is 0 Å². The first kappa shape index (κ1) is 20.8. The van der Waals surface area contributed by atoms with Gasteiger partial charge in [-0.1, -0.05) is 13.8 Å². The van der Waals surface area contributed by atoms with Crippen LogP contribution < -0.4 is 15.4 Å². The number of ether oxygens (including phenoxy) is 1. The van der Waals surface area contributed by atoms with Crippen LogP contribution in [0.1, 0.15) is 49.4 Å². The topological polar surface area (TPSA) is 70.6 Å². The van der Waals surface area contributed by atoms with Crippen LogP contribution in [0.5, 0.6) is 11.5 Å². The van der Waals surface area contributed by atoms with Gasteiger partial charge in [-0.3, -0.25) is 4.79 Å². The Balaban J connectivity index is 1.94. The number of halogens is 1. The van der Waals surface area contributed by atoms with E-state index < -0.39 is 0 Å². The molecule has 5 nitrogen and oxygen atoms in total. The van der Waals surface area contributed by atoms with Gasteiger partial charge in [0.1, 0.15) is 0 Å². The molecule has 1 atom stereocenters. The van der Waals surface area contributed by atoms with Crippen LogP contribution in [0.2, 0.25) is 0 Å². The van der Waals surface area contributed by atoms with Gasteiger partial charge in [-0.25, -0.2) is 0 Å². The molecule has 0 spiro atoms. The van der Waals surface area contributed by atoms with E-state index in [1.165, 1.54) is 18.2 Å². The Hall–Kier alpha value is -2.47. The highest BCUT2D eigenvalue weighted by atomic mass is 79.9. The predicted octanol–water partition coefficient (Wildman–Crippen LogP) is 6.00. The summed E-state index contributed by atoms with van der Waals surface area (Å²) >= 11 is 3.42. The number of hydrogen-bond acceptors (Lipinski definition) is 5. The third-order valence-corrected chi connectivity index (χ3v) is 6.64. The molecule has 0 amide bonds. The predicted molar refractivity (Wildman–Crippen MR) is 123 cm³/mol. The summed E-state index contributed by atoms with van der Waals surface area (Å²) in [6, 6.07) is 7.53. The smallest absolute Gasteiger partial charge is 0.172 e. The summed E-state index contributed by atoms with van der Waals surface area (Å²) in [5.74, 6) is 0.547. The molecule has 2 aromatic carbocycles. The van der Waals surface area contributed by atoms with Gasteiger partial charge in [-0.05, 0) is 82.6 Å². The molecule has 0 aromatic heterocycles. The number of aryl methyl sites for hydroxylation is 2. The van der Waals surface area contributed by atoms with E-state index in [9.17, 15) is 9.90 Å². The van der Waals surface area contributed by atoms with Gasteiger partial charge in [0.25, 0.3) is 0 Å². The van der Waals surface area contributed by atoms with E-state index in [1.54, 1.807) is 6.07 Å². The third-order valence-electron chi connectivity index (χ3n) is 6.03. The summed E-state index contributed by atoms with van der Waals surface area (Å²) in [7, 11) is 1.52. The molecule has 3 N–H and O–H groups in total. The molecule has 1 heterocycles. The van der Waals surface area contributed by atoms with E-state index in [0.717, 1.165) is 34.6 Å². The van der Waals surface area contributed by atoms with Crippen LogP contribution in [0.4, 0.5) is 11.4 Å². The monoisotopic (exact) mass is 470 g/mol. The SMILES string of the molecule is COc1cc([C@H]2Nc3cc(C)c(C)cc3NC3=C2C(=O)CC(C)(C)C3)cc(Br)c1O. The molecule has 0 saturated heterocycles. The zero-order valence-electron chi connectivity index (χ0n) is 17.9. The number of carbonyl (C=O) groups excluding carboxylic acids is 1. The summed E-state index contributed by atoms with van der Waals surface area (Å²) in [6.45, 7) is 8.43. The number of rotatable bonds is 2. The lowest BCUT2D eigenvalue weighted by Crippen LogP contribution is -2.31. The van der Waals surface area contributed by atoms with Gasteiger partial charge in [0.2, 0.25) is 0 Å². The molecular formula is C24H27BrN2O3. The molecule has 6 heteroatoms. The van der Waals surface area contributed by atoms with E-state index in [0.29, 0.717) is 16.6 Å². The minimum atomic E-state index is -0.356. The minimum absolute atomic E-state index is 0.0465. The largest absolute Gasteiger partial charge is 0.503 e. The molecule has 2 aromatic rings. The number of benzene rings is 2. The second-order valence-corrected chi connectivity index (χ2v) is 9.93. The number of anilines is 2. The molecule has 158 valence electrons. The third kappa shape index (κ3) is 3.58. The normalized spacial score (nSPS) is 19.9. The van der Waals surface area contributed by atoms with Crippen LogP contribution in [0.15, 0.2) is 40.0 Å². The minimum Gasteiger partial charge on any atom is -0.503 e. The fourth-order valence-electron chi connectivity index (χ4n) is 4.38. The fourth-order valence-corrected chi connectivity index (χ4v) is 4.84. The Morgan fingerprint density at radius 3 is 2.43 bits per heavy atom. The molecule has 0 fully saturated rings. The van der Waals surface area contributed by atoms with E-state index >= 15 is 0 Å². The molecule has 0 saturated carbocycles. The summed E-state index contributed by atoms with van der Waals surface area (Å²) < 4.78 is 5.89. The van der Waals surface area contributed by atoms with Crippen LogP contribution in [0, 0.1) is 19.3 Å². The van der Waals surface area contributed by atoms with Gasteiger partial charge < -0.3 is 20.5 Å². The fraction of sp³-hybridized carbons (Fsp3) is 0.375. The average Bonchev–Trinajstić information content (AvgIpc) is 2.80. The molecule has 2 aliphatic rings. The Morgan fingerprint density at radius 2 is 1.77 bits per heavy atom. The second-order valence-electron chi connectivity index (χ2n) is 9.07. The maximum Gasteiger partial charge on any atom is 0.172 e. The Morgan fingerprint density at radius 1 is 1.10 bits per heavy atom. The first-order valence-electron chi connectivity index (χ1n) is 10.1. The van der Waals surface area contributed by atoms with Gasteiger partial charge in [-0.15, -0.1) is 0 Å².